The van der Waals surface area contributed by atoms with E-state index in [1.807, 2.05) is 6.92 Å². The average Bonchev–Trinajstić information content (AvgIpc) is 1.96. The zero-order chi connectivity index (χ0) is 9.61. The fourth-order valence-electron chi connectivity index (χ4n) is 0.666. The molecular weight excluding hydrogens is 152 g/mol. The van der Waals surface area contributed by atoms with Gasteiger partial charge in [-0.3, -0.25) is 4.79 Å². The van der Waals surface area contributed by atoms with E-state index in [4.69, 9.17) is 4.74 Å². The van der Waals surface area contributed by atoms with Crippen molar-refractivity contribution in [1.29, 1.82) is 0 Å². The Hall–Kier alpha value is -0.370. The van der Waals surface area contributed by atoms with Crippen molar-refractivity contribution in [3.8, 4) is 0 Å². The van der Waals surface area contributed by atoms with Gasteiger partial charge in [0.15, 0.2) is 5.78 Å². The summed E-state index contributed by atoms with van der Waals surface area (Å²) in [6, 6.07) is 0. The average molecular weight is 172 g/mol. The molecule has 12 heavy (non-hydrogen) atoms. The highest BCUT2D eigenvalue weighted by atomic mass is 16.5. The Balaban J connectivity index is 3.28. The van der Waals surface area contributed by atoms with Gasteiger partial charge in [0, 0.05) is 13.0 Å². The molecule has 0 aromatic rings. The molecule has 0 rings (SSSR count). The van der Waals surface area contributed by atoms with E-state index in [1.54, 1.807) is 0 Å². The molecular formula is C10H20O2. The lowest BCUT2D eigenvalue weighted by atomic mass is 9.93. The van der Waals surface area contributed by atoms with Crippen LogP contribution >= 0.6 is 0 Å². The highest BCUT2D eigenvalue weighted by Gasteiger charge is 2.09. The molecule has 0 unspecified atom stereocenters. The van der Waals surface area contributed by atoms with Crippen molar-refractivity contribution in [3.05, 3.63) is 0 Å². The van der Waals surface area contributed by atoms with E-state index in [-0.39, 0.29) is 12.4 Å². The molecule has 2 heteroatoms. The van der Waals surface area contributed by atoms with Gasteiger partial charge in [0.25, 0.3) is 0 Å². The third kappa shape index (κ3) is 7.73. The SMILES string of the molecule is CCC(=O)COCCC(C)(C)C. The summed E-state index contributed by atoms with van der Waals surface area (Å²) in [7, 11) is 0. The standard InChI is InChI=1S/C10H20O2/c1-5-9(11)8-12-7-6-10(2,3)4/h5-8H2,1-4H3. The fourth-order valence-corrected chi connectivity index (χ4v) is 0.666. The van der Waals surface area contributed by atoms with E-state index in [0.717, 1.165) is 6.42 Å². The molecule has 0 atom stereocenters. The second kappa shape index (κ2) is 5.31. The Morgan fingerprint density at radius 3 is 2.33 bits per heavy atom. The van der Waals surface area contributed by atoms with Gasteiger partial charge in [0.05, 0.1) is 0 Å². The number of ether oxygens (including phenoxy) is 1. The first-order chi connectivity index (χ1) is 5.45. The first kappa shape index (κ1) is 11.6. The predicted molar refractivity (Wildman–Crippen MR) is 50.2 cm³/mol. The third-order valence-corrected chi connectivity index (χ3v) is 1.65. The van der Waals surface area contributed by atoms with Gasteiger partial charge in [-0.15, -0.1) is 0 Å². The maximum atomic E-state index is 10.8. The first-order valence-corrected chi connectivity index (χ1v) is 4.55. The van der Waals surface area contributed by atoms with Crippen LogP contribution in [-0.2, 0) is 9.53 Å². The number of rotatable bonds is 5. The molecule has 0 fully saturated rings. The Labute approximate surface area is 75.3 Å². The van der Waals surface area contributed by atoms with E-state index < -0.39 is 0 Å². The summed E-state index contributed by atoms with van der Waals surface area (Å²) < 4.78 is 5.21. The second-order valence-electron chi connectivity index (χ2n) is 4.26. The van der Waals surface area contributed by atoms with Gasteiger partial charge in [-0.2, -0.15) is 0 Å². The molecule has 2 nitrogen and oxygen atoms in total. The number of carbonyl (C=O) groups is 1. The Bertz CT molecular complexity index is 133. The molecule has 72 valence electrons. The van der Waals surface area contributed by atoms with Crippen LogP contribution in [0.5, 0.6) is 0 Å². The number of carbonyl (C=O) groups excluding carboxylic acids is 1. The van der Waals surface area contributed by atoms with Crippen LogP contribution in [0.2, 0.25) is 0 Å². The Morgan fingerprint density at radius 2 is 1.92 bits per heavy atom. The number of ketones is 1. The summed E-state index contributed by atoms with van der Waals surface area (Å²) >= 11 is 0. The van der Waals surface area contributed by atoms with E-state index >= 15 is 0 Å². The van der Waals surface area contributed by atoms with E-state index in [9.17, 15) is 4.79 Å². The van der Waals surface area contributed by atoms with Gasteiger partial charge in [-0.05, 0) is 11.8 Å². The van der Waals surface area contributed by atoms with E-state index in [0.29, 0.717) is 18.4 Å². The zero-order valence-corrected chi connectivity index (χ0v) is 8.64. The van der Waals surface area contributed by atoms with Crippen LogP contribution < -0.4 is 0 Å². The quantitative estimate of drug-likeness (QED) is 0.595. The molecule has 0 aliphatic rings. The summed E-state index contributed by atoms with van der Waals surface area (Å²) in [5, 5.41) is 0. The monoisotopic (exact) mass is 172 g/mol. The van der Waals surface area contributed by atoms with Gasteiger partial charge >= 0.3 is 0 Å². The molecule has 0 saturated heterocycles. The molecule has 0 radical (unpaired) electrons. The number of hydrogen-bond donors (Lipinski definition) is 0. The molecule has 0 saturated carbocycles. The topological polar surface area (TPSA) is 26.3 Å². The van der Waals surface area contributed by atoms with Crippen molar-refractivity contribution in [2.75, 3.05) is 13.2 Å². The summed E-state index contributed by atoms with van der Waals surface area (Å²) in [5.74, 6) is 0.184. The molecule has 0 heterocycles. The van der Waals surface area contributed by atoms with E-state index in [1.165, 1.54) is 0 Å². The highest BCUT2D eigenvalue weighted by Crippen LogP contribution is 2.17. The van der Waals surface area contributed by atoms with Crippen molar-refractivity contribution in [2.45, 2.75) is 40.5 Å². The smallest absolute Gasteiger partial charge is 0.158 e. The lowest BCUT2D eigenvalue weighted by Crippen LogP contribution is -2.13. The minimum absolute atomic E-state index is 0.184. The van der Waals surface area contributed by atoms with Crippen LogP contribution in [0.1, 0.15) is 40.5 Å². The summed E-state index contributed by atoms with van der Waals surface area (Å²) in [4.78, 5) is 10.8. The van der Waals surface area contributed by atoms with Crippen LogP contribution in [-0.4, -0.2) is 19.0 Å². The Kier molecular flexibility index (Phi) is 5.14. The fraction of sp³-hybridized carbons (Fsp3) is 0.900. The summed E-state index contributed by atoms with van der Waals surface area (Å²) in [6.07, 6.45) is 1.58. The van der Waals surface area contributed by atoms with Gasteiger partial charge in [0.2, 0.25) is 0 Å². The van der Waals surface area contributed by atoms with Gasteiger partial charge < -0.3 is 4.74 Å². The lowest BCUT2D eigenvalue weighted by Gasteiger charge is -2.17. The third-order valence-electron chi connectivity index (χ3n) is 1.65. The molecule has 0 aromatic heterocycles. The number of Topliss-reactive ketones (excluding diaryl/α,β-unsaturated/α-hetero) is 1. The Morgan fingerprint density at radius 1 is 1.33 bits per heavy atom. The second-order valence-corrected chi connectivity index (χ2v) is 4.26. The van der Waals surface area contributed by atoms with Gasteiger partial charge in [-0.1, -0.05) is 27.7 Å². The molecule has 0 aliphatic carbocycles. The van der Waals surface area contributed by atoms with Crippen LogP contribution in [0.25, 0.3) is 0 Å². The maximum absolute atomic E-state index is 10.8. The predicted octanol–water partition coefficient (Wildman–Crippen LogP) is 2.42. The van der Waals surface area contributed by atoms with Gasteiger partial charge in [0.1, 0.15) is 6.61 Å². The zero-order valence-electron chi connectivity index (χ0n) is 8.64. The lowest BCUT2D eigenvalue weighted by molar-refractivity contribution is -0.123. The van der Waals surface area contributed by atoms with Crippen molar-refractivity contribution in [1.82, 2.24) is 0 Å². The summed E-state index contributed by atoms with van der Waals surface area (Å²) in [6.45, 7) is 9.32. The largest absolute Gasteiger partial charge is 0.374 e. The first-order valence-electron chi connectivity index (χ1n) is 4.55. The molecule has 0 spiro atoms. The minimum atomic E-state index is 0.184. The maximum Gasteiger partial charge on any atom is 0.158 e. The van der Waals surface area contributed by atoms with Crippen molar-refractivity contribution in [2.24, 2.45) is 5.41 Å². The molecule has 0 aromatic carbocycles. The summed E-state index contributed by atoms with van der Waals surface area (Å²) in [5.41, 5.74) is 0.301. The van der Waals surface area contributed by atoms with Crippen LogP contribution in [0.3, 0.4) is 0 Å². The minimum Gasteiger partial charge on any atom is -0.374 e. The molecule has 0 bridgehead atoms. The van der Waals surface area contributed by atoms with Gasteiger partial charge in [-0.25, -0.2) is 0 Å². The molecule has 0 amide bonds. The highest BCUT2D eigenvalue weighted by molar-refractivity contribution is 5.79. The van der Waals surface area contributed by atoms with Crippen LogP contribution in [0, 0.1) is 5.41 Å². The van der Waals surface area contributed by atoms with Crippen molar-refractivity contribution in [3.63, 3.8) is 0 Å². The van der Waals surface area contributed by atoms with Crippen molar-refractivity contribution < 1.29 is 9.53 Å². The normalized spacial score (nSPS) is 11.7. The molecule has 0 aliphatic heterocycles. The van der Waals surface area contributed by atoms with E-state index in [2.05, 4.69) is 20.8 Å². The van der Waals surface area contributed by atoms with Crippen LogP contribution in [0.15, 0.2) is 0 Å². The van der Waals surface area contributed by atoms with Crippen LogP contribution in [0.4, 0.5) is 0 Å². The molecule has 0 N–H and O–H groups in total. The number of hydrogen-bond acceptors (Lipinski definition) is 2. The van der Waals surface area contributed by atoms with Crippen molar-refractivity contribution >= 4 is 5.78 Å².